The van der Waals surface area contributed by atoms with Gasteiger partial charge in [-0.3, -0.25) is 4.79 Å². The van der Waals surface area contributed by atoms with Crippen molar-refractivity contribution in [3.8, 4) is 0 Å². The molecular formula is C20H26O4S. The fourth-order valence-corrected chi connectivity index (χ4v) is 5.93. The van der Waals surface area contributed by atoms with Crippen LogP contribution in [0.2, 0.25) is 0 Å². The Morgan fingerprint density at radius 1 is 1.20 bits per heavy atom. The van der Waals surface area contributed by atoms with Gasteiger partial charge >= 0.3 is 5.97 Å². The molecule has 0 radical (unpaired) electrons. The molecule has 0 bridgehead atoms. The van der Waals surface area contributed by atoms with E-state index in [0.29, 0.717) is 19.3 Å². The minimum Gasteiger partial charge on any atom is -0.461 e. The van der Waals surface area contributed by atoms with Gasteiger partial charge in [-0.1, -0.05) is 43.7 Å². The van der Waals surface area contributed by atoms with Crippen LogP contribution in [0.3, 0.4) is 0 Å². The first-order valence-corrected chi connectivity index (χ1v) is 10.2. The molecule has 2 rings (SSSR count). The molecule has 5 heteroatoms. The van der Waals surface area contributed by atoms with E-state index < -0.39 is 32.6 Å². The molecule has 136 valence electrons. The lowest BCUT2D eigenvalue weighted by Gasteiger charge is -2.31. The zero-order valence-electron chi connectivity index (χ0n) is 14.7. The zero-order chi connectivity index (χ0) is 18.5. The number of cyclic esters (lactones) is 1. The molecular weight excluding hydrogens is 336 g/mol. The summed E-state index contributed by atoms with van der Waals surface area (Å²) in [5.41, 5.74) is 0. The van der Waals surface area contributed by atoms with Crippen molar-refractivity contribution in [1.82, 2.24) is 0 Å². The van der Waals surface area contributed by atoms with E-state index in [1.165, 1.54) is 12.1 Å². The van der Waals surface area contributed by atoms with Gasteiger partial charge in [-0.2, -0.15) is 0 Å². The lowest BCUT2D eigenvalue weighted by molar-refractivity contribution is -0.143. The van der Waals surface area contributed by atoms with Gasteiger partial charge in [0.15, 0.2) is 14.6 Å². The summed E-state index contributed by atoms with van der Waals surface area (Å²) in [5, 5.41) is 0. The maximum Gasteiger partial charge on any atom is 0.328 e. The van der Waals surface area contributed by atoms with Gasteiger partial charge in [-0.05, 0) is 37.8 Å². The van der Waals surface area contributed by atoms with Crippen molar-refractivity contribution in [3.05, 3.63) is 55.6 Å². The SMILES string of the molecule is C=CCC[C@@]1(S(=O)(=O)c2ccccc2)C(=O)O[C@H](CCC)[C@H]1CC=C. The number of sulfone groups is 1. The van der Waals surface area contributed by atoms with Crippen LogP contribution in [0.15, 0.2) is 60.5 Å². The Balaban J connectivity index is 2.64. The number of ether oxygens (including phenoxy) is 1. The average molecular weight is 362 g/mol. The molecule has 0 amide bonds. The van der Waals surface area contributed by atoms with E-state index in [1.54, 1.807) is 30.4 Å². The van der Waals surface area contributed by atoms with Gasteiger partial charge in [-0.25, -0.2) is 8.42 Å². The van der Waals surface area contributed by atoms with Crippen molar-refractivity contribution >= 4 is 15.8 Å². The quantitative estimate of drug-likeness (QED) is 0.490. The van der Waals surface area contributed by atoms with Crippen molar-refractivity contribution in [2.24, 2.45) is 5.92 Å². The molecule has 0 N–H and O–H groups in total. The van der Waals surface area contributed by atoms with Crippen LogP contribution in [0.5, 0.6) is 0 Å². The molecule has 25 heavy (non-hydrogen) atoms. The van der Waals surface area contributed by atoms with Gasteiger partial charge in [0.25, 0.3) is 0 Å². The largest absolute Gasteiger partial charge is 0.461 e. The summed E-state index contributed by atoms with van der Waals surface area (Å²) >= 11 is 0. The number of allylic oxidation sites excluding steroid dienone is 2. The molecule has 1 aromatic rings. The Bertz CT molecular complexity index is 723. The van der Waals surface area contributed by atoms with Gasteiger partial charge in [0.2, 0.25) is 0 Å². The molecule has 4 nitrogen and oxygen atoms in total. The normalized spacial score (nSPS) is 26.2. The van der Waals surface area contributed by atoms with Crippen LogP contribution in [0.1, 0.15) is 39.0 Å². The number of hydrogen-bond donors (Lipinski definition) is 0. The molecule has 1 saturated heterocycles. The summed E-state index contributed by atoms with van der Waals surface area (Å²) in [6, 6.07) is 8.16. The molecule has 0 aliphatic carbocycles. The highest BCUT2D eigenvalue weighted by Gasteiger charge is 2.64. The van der Waals surface area contributed by atoms with Gasteiger partial charge in [-0.15, -0.1) is 13.2 Å². The van der Waals surface area contributed by atoms with Crippen LogP contribution in [-0.2, 0) is 19.4 Å². The van der Waals surface area contributed by atoms with Crippen molar-refractivity contribution < 1.29 is 17.9 Å². The molecule has 0 aromatic heterocycles. The molecule has 0 saturated carbocycles. The van der Waals surface area contributed by atoms with Crippen LogP contribution in [0.4, 0.5) is 0 Å². The molecule has 1 fully saturated rings. The first kappa shape index (κ1) is 19.4. The van der Waals surface area contributed by atoms with E-state index in [9.17, 15) is 13.2 Å². The summed E-state index contributed by atoms with van der Waals surface area (Å²) in [6.07, 6.45) is 5.39. The topological polar surface area (TPSA) is 60.4 Å². The monoisotopic (exact) mass is 362 g/mol. The summed E-state index contributed by atoms with van der Waals surface area (Å²) in [6.45, 7) is 9.45. The third-order valence-corrected chi connectivity index (χ3v) is 7.42. The maximum atomic E-state index is 13.5. The number of carbonyl (C=O) groups is 1. The molecule has 1 aliphatic rings. The highest BCUT2D eigenvalue weighted by atomic mass is 32.2. The number of esters is 1. The van der Waals surface area contributed by atoms with E-state index in [-0.39, 0.29) is 11.3 Å². The second kappa shape index (κ2) is 8.00. The summed E-state index contributed by atoms with van der Waals surface area (Å²) in [5.74, 6) is -1.08. The molecule has 0 spiro atoms. The standard InChI is InChI=1S/C20H26O4S/c1-4-7-15-20(25(22,23)16-13-9-8-10-14-16)17(11-5-2)18(12-6-3)24-19(20)21/h4-5,8-10,13-14,17-18H,1-2,6-7,11-12,15H2,3H3/t17-,18-,20+/m1/s1. The van der Waals surface area contributed by atoms with E-state index >= 15 is 0 Å². The molecule has 1 aliphatic heterocycles. The van der Waals surface area contributed by atoms with Crippen LogP contribution in [-0.4, -0.2) is 25.2 Å². The number of benzene rings is 1. The minimum atomic E-state index is -3.91. The number of carbonyl (C=O) groups excluding carboxylic acids is 1. The Morgan fingerprint density at radius 3 is 2.44 bits per heavy atom. The van der Waals surface area contributed by atoms with Crippen molar-refractivity contribution in [2.45, 2.75) is 54.8 Å². The lowest BCUT2D eigenvalue weighted by atomic mass is 9.82. The Kier molecular flexibility index (Phi) is 6.22. The summed E-state index contributed by atoms with van der Waals surface area (Å²) < 4.78 is 31.1. The highest BCUT2D eigenvalue weighted by Crippen LogP contribution is 2.48. The van der Waals surface area contributed by atoms with E-state index in [0.717, 1.165) is 6.42 Å². The highest BCUT2D eigenvalue weighted by molar-refractivity contribution is 7.93. The summed E-state index contributed by atoms with van der Waals surface area (Å²) in [7, 11) is -3.91. The Labute approximate surface area is 150 Å². The number of hydrogen-bond acceptors (Lipinski definition) is 4. The Morgan fingerprint density at radius 2 is 1.88 bits per heavy atom. The van der Waals surface area contributed by atoms with Crippen LogP contribution in [0, 0.1) is 5.92 Å². The zero-order valence-corrected chi connectivity index (χ0v) is 15.5. The predicted octanol–water partition coefficient (Wildman–Crippen LogP) is 4.08. The number of rotatable bonds is 9. The van der Waals surface area contributed by atoms with Crippen molar-refractivity contribution in [1.29, 1.82) is 0 Å². The lowest BCUT2D eigenvalue weighted by Crippen LogP contribution is -2.49. The van der Waals surface area contributed by atoms with E-state index in [2.05, 4.69) is 13.2 Å². The first-order chi connectivity index (χ1) is 12.0. The third-order valence-electron chi connectivity index (χ3n) is 4.90. The maximum absolute atomic E-state index is 13.5. The molecule has 0 unspecified atom stereocenters. The van der Waals surface area contributed by atoms with Gasteiger partial charge in [0.1, 0.15) is 6.10 Å². The first-order valence-electron chi connectivity index (χ1n) is 8.68. The summed E-state index contributed by atoms with van der Waals surface area (Å²) in [4.78, 5) is 13.1. The molecule has 1 heterocycles. The minimum absolute atomic E-state index is 0.155. The fraction of sp³-hybridized carbons (Fsp3) is 0.450. The van der Waals surface area contributed by atoms with E-state index in [1.807, 2.05) is 6.92 Å². The van der Waals surface area contributed by atoms with Crippen LogP contribution in [0.25, 0.3) is 0 Å². The molecule has 1 aromatic carbocycles. The third kappa shape index (κ3) is 3.30. The average Bonchev–Trinajstić information content (AvgIpc) is 2.87. The Hall–Kier alpha value is -1.88. The predicted molar refractivity (Wildman–Crippen MR) is 98.9 cm³/mol. The van der Waals surface area contributed by atoms with Crippen molar-refractivity contribution in [3.63, 3.8) is 0 Å². The smallest absolute Gasteiger partial charge is 0.328 e. The van der Waals surface area contributed by atoms with Crippen molar-refractivity contribution in [2.75, 3.05) is 0 Å². The van der Waals surface area contributed by atoms with Crippen LogP contribution >= 0.6 is 0 Å². The van der Waals surface area contributed by atoms with Gasteiger partial charge in [0, 0.05) is 5.92 Å². The van der Waals surface area contributed by atoms with Gasteiger partial charge in [0.05, 0.1) is 4.90 Å². The second-order valence-electron chi connectivity index (χ2n) is 6.40. The molecule has 3 atom stereocenters. The second-order valence-corrected chi connectivity index (χ2v) is 8.60. The van der Waals surface area contributed by atoms with E-state index in [4.69, 9.17) is 4.74 Å². The van der Waals surface area contributed by atoms with Crippen LogP contribution < -0.4 is 0 Å². The fourth-order valence-electron chi connectivity index (χ4n) is 3.69. The van der Waals surface area contributed by atoms with Gasteiger partial charge < -0.3 is 4.74 Å².